The second-order valence-electron chi connectivity index (χ2n) is 14.7. The van der Waals surface area contributed by atoms with E-state index in [0.717, 1.165) is 33.4 Å². The van der Waals surface area contributed by atoms with Crippen molar-refractivity contribution in [3.05, 3.63) is 211 Å². The number of aromatic nitrogens is 3. The fraction of sp³-hybridized carbons (Fsp3) is 0.176. The Hall–Kier alpha value is -6.70. The van der Waals surface area contributed by atoms with Crippen LogP contribution in [0.15, 0.2) is 182 Å². The van der Waals surface area contributed by atoms with Gasteiger partial charge >= 0.3 is 0 Å². The van der Waals surface area contributed by atoms with E-state index in [2.05, 4.69) is 39.2 Å². The van der Waals surface area contributed by atoms with Crippen LogP contribution < -0.4 is 0 Å². The van der Waals surface area contributed by atoms with Gasteiger partial charge in [0.25, 0.3) is 0 Å². The highest BCUT2D eigenvalue weighted by Gasteiger charge is 2.59. The molecule has 1 fully saturated rings. The van der Waals surface area contributed by atoms with Crippen LogP contribution in [0.1, 0.15) is 76.3 Å². The van der Waals surface area contributed by atoms with Gasteiger partial charge < -0.3 is 9.90 Å². The molecule has 0 radical (unpaired) electrons. The number of hydrogen-bond acceptors (Lipinski definition) is 7. The summed E-state index contributed by atoms with van der Waals surface area (Å²) in [7, 11) is 0. The lowest BCUT2D eigenvalue weighted by Crippen LogP contribution is -2.54. The van der Waals surface area contributed by atoms with Crippen molar-refractivity contribution in [1.29, 1.82) is 0 Å². The van der Waals surface area contributed by atoms with Crippen molar-refractivity contribution in [3.8, 4) is 22.3 Å². The lowest BCUT2D eigenvalue weighted by molar-refractivity contribution is -0.116. The van der Waals surface area contributed by atoms with Crippen molar-refractivity contribution in [2.45, 2.75) is 44.1 Å². The van der Waals surface area contributed by atoms with Crippen molar-refractivity contribution < 1.29 is 19.5 Å². The van der Waals surface area contributed by atoms with Crippen molar-refractivity contribution >= 4 is 17.3 Å². The van der Waals surface area contributed by atoms with Crippen LogP contribution in [0.3, 0.4) is 0 Å². The Morgan fingerprint density at radius 2 is 0.983 bits per heavy atom. The van der Waals surface area contributed by atoms with Crippen LogP contribution >= 0.6 is 0 Å². The van der Waals surface area contributed by atoms with Crippen LogP contribution in [0.4, 0.5) is 0 Å². The first-order valence-electron chi connectivity index (χ1n) is 19.6. The summed E-state index contributed by atoms with van der Waals surface area (Å²) in [6, 6.07) is 52.3. The highest BCUT2D eigenvalue weighted by molar-refractivity contribution is 6.01. The highest BCUT2D eigenvalue weighted by Crippen LogP contribution is 2.58. The van der Waals surface area contributed by atoms with Crippen molar-refractivity contribution in [1.82, 2.24) is 15.0 Å². The molecule has 0 unspecified atom stereocenters. The molecule has 288 valence electrons. The lowest BCUT2D eigenvalue weighted by atomic mass is 9.53. The minimum absolute atomic E-state index is 0.0692. The molecule has 0 spiro atoms. The molecule has 3 aromatic heterocycles. The Balaban J connectivity index is 0.000000966. The maximum absolute atomic E-state index is 15.1. The molecule has 1 aliphatic rings. The Morgan fingerprint density at radius 1 is 0.552 bits per heavy atom. The molecule has 7 heteroatoms. The first-order chi connectivity index (χ1) is 28.3. The number of nitrogens with zero attached hydrogens (tertiary/aromatic N) is 3. The van der Waals surface area contributed by atoms with Crippen LogP contribution in [-0.2, 0) is 10.4 Å². The Kier molecular flexibility index (Phi) is 12.3. The second kappa shape index (κ2) is 18.0. The minimum atomic E-state index is -1.78. The summed E-state index contributed by atoms with van der Waals surface area (Å²) in [6.07, 6.45) is 5.56. The third kappa shape index (κ3) is 8.50. The fourth-order valence-electron chi connectivity index (χ4n) is 8.11. The van der Waals surface area contributed by atoms with E-state index in [4.69, 9.17) is 0 Å². The van der Waals surface area contributed by atoms with Crippen LogP contribution in [0.25, 0.3) is 22.3 Å². The maximum Gasteiger partial charge on any atom is 0.188 e. The summed E-state index contributed by atoms with van der Waals surface area (Å²) in [4.78, 5) is 53.6. The van der Waals surface area contributed by atoms with Crippen molar-refractivity contribution in [2.75, 3.05) is 0 Å². The van der Waals surface area contributed by atoms with Crippen LogP contribution in [0, 0.1) is 11.8 Å². The normalized spacial score (nSPS) is 19.9. The van der Waals surface area contributed by atoms with Gasteiger partial charge in [-0.15, -0.1) is 0 Å². The molecule has 5 atom stereocenters. The maximum atomic E-state index is 15.1. The average Bonchev–Trinajstić information content (AvgIpc) is 3.30. The number of carbonyl (C=O) groups excluding carboxylic acids is 3. The molecule has 1 N–H and O–H groups in total. The molecular weight excluding hydrogens is 719 g/mol. The summed E-state index contributed by atoms with van der Waals surface area (Å²) in [5.74, 6) is -3.50. The molecular formula is C51H45N3O4. The number of carbonyl (C=O) groups is 3. The summed E-state index contributed by atoms with van der Waals surface area (Å²) in [5, 5.41) is 13.3. The Bertz CT molecular complexity index is 2430. The molecule has 7 nitrogen and oxygen atoms in total. The molecule has 58 heavy (non-hydrogen) atoms. The predicted molar refractivity (Wildman–Crippen MR) is 227 cm³/mol. The summed E-state index contributed by atoms with van der Waals surface area (Å²) >= 11 is 0. The minimum Gasteiger partial charge on any atom is -0.383 e. The van der Waals surface area contributed by atoms with Gasteiger partial charge in [-0.2, -0.15) is 0 Å². The SMILES string of the molecule is CCC(C)=O.O=C(c1ccccn1)[C@H]1[C@@H](c2ccc(-c3ccccc3)cc2)[C@H](C(=O)c2ccccn2)[C@@](O)(c2ccccn2)C[C@H]1c1ccc(-c2ccccc2)cc1. The third-order valence-corrected chi connectivity index (χ3v) is 11.1. The summed E-state index contributed by atoms with van der Waals surface area (Å²) in [6.45, 7) is 3.43. The fourth-order valence-corrected chi connectivity index (χ4v) is 8.11. The predicted octanol–water partition coefficient (Wildman–Crippen LogP) is 10.3. The quantitative estimate of drug-likeness (QED) is 0.138. The van der Waals surface area contributed by atoms with Crippen molar-refractivity contribution in [3.63, 3.8) is 0 Å². The molecule has 0 aliphatic heterocycles. The largest absolute Gasteiger partial charge is 0.383 e. The van der Waals surface area contributed by atoms with E-state index in [1.165, 1.54) is 0 Å². The van der Waals surface area contributed by atoms with Gasteiger partial charge in [0.1, 0.15) is 22.8 Å². The van der Waals surface area contributed by atoms with E-state index in [0.29, 0.717) is 17.8 Å². The molecule has 7 aromatic rings. The number of Topliss-reactive ketones (excluding diaryl/α,β-unsaturated/α-hetero) is 3. The van der Waals surface area contributed by atoms with Gasteiger partial charge in [-0.1, -0.05) is 134 Å². The average molecular weight is 764 g/mol. The number of hydrogen-bond donors (Lipinski definition) is 1. The van der Waals surface area contributed by atoms with Crippen molar-refractivity contribution in [2.24, 2.45) is 11.8 Å². The van der Waals surface area contributed by atoms with Crippen LogP contribution in [0.2, 0.25) is 0 Å². The first kappa shape index (κ1) is 39.5. The number of ketones is 3. The molecule has 8 rings (SSSR count). The number of pyridine rings is 3. The van der Waals surface area contributed by atoms with Crippen LogP contribution in [0.5, 0.6) is 0 Å². The van der Waals surface area contributed by atoms with E-state index >= 15 is 9.59 Å². The number of benzene rings is 4. The molecule has 4 aromatic carbocycles. The van der Waals surface area contributed by atoms with Gasteiger partial charge in [0.2, 0.25) is 0 Å². The molecule has 1 saturated carbocycles. The van der Waals surface area contributed by atoms with E-state index < -0.39 is 29.3 Å². The van der Waals surface area contributed by atoms with Gasteiger partial charge in [-0.05, 0) is 89.0 Å². The zero-order chi connectivity index (χ0) is 40.5. The zero-order valence-electron chi connectivity index (χ0n) is 32.6. The van der Waals surface area contributed by atoms with E-state index in [1.807, 2.05) is 97.9 Å². The zero-order valence-corrected chi connectivity index (χ0v) is 32.6. The van der Waals surface area contributed by atoms with Crippen LogP contribution in [-0.4, -0.2) is 37.4 Å². The molecule has 0 bridgehead atoms. The Morgan fingerprint density at radius 3 is 1.43 bits per heavy atom. The van der Waals surface area contributed by atoms with E-state index in [9.17, 15) is 9.90 Å². The van der Waals surface area contributed by atoms with Gasteiger partial charge in [0.15, 0.2) is 11.6 Å². The number of aliphatic hydroxyl groups is 1. The molecule has 3 heterocycles. The topological polar surface area (TPSA) is 110 Å². The van der Waals surface area contributed by atoms with E-state index in [1.54, 1.807) is 74.0 Å². The van der Waals surface area contributed by atoms with Gasteiger partial charge in [-0.3, -0.25) is 24.5 Å². The summed E-state index contributed by atoms with van der Waals surface area (Å²) < 4.78 is 0. The number of rotatable bonds is 10. The first-order valence-corrected chi connectivity index (χ1v) is 19.6. The highest BCUT2D eigenvalue weighted by atomic mass is 16.3. The molecule has 0 saturated heterocycles. The smallest absolute Gasteiger partial charge is 0.188 e. The third-order valence-electron chi connectivity index (χ3n) is 11.1. The van der Waals surface area contributed by atoms with Gasteiger partial charge in [-0.25, -0.2) is 0 Å². The monoisotopic (exact) mass is 763 g/mol. The summed E-state index contributed by atoms with van der Waals surface area (Å²) in [5.41, 5.74) is 4.91. The standard InChI is InChI=1S/C47H37N3O3.C4H8O/c51-45(39-17-7-10-28-48-39)43-38(36-24-20-34(21-25-36)32-13-3-1-4-14-32)31-47(53,41-19-9-12-30-50-41)44(46(52)40-18-8-11-29-49-40)42(43)37-26-22-35(23-27-37)33-15-5-2-6-16-33;1-3-4(2)5/h1-30,38,42-44,53H,31H2;3H2,1-2H3/t38-,42+,43+,44+,47-;/m0./s1. The second-order valence-corrected chi connectivity index (χ2v) is 14.7. The molecule has 0 amide bonds. The molecule has 1 aliphatic carbocycles. The lowest BCUT2D eigenvalue weighted by Gasteiger charge is -2.50. The Labute approximate surface area is 339 Å². The van der Waals surface area contributed by atoms with E-state index in [-0.39, 0.29) is 29.5 Å². The van der Waals surface area contributed by atoms with Gasteiger partial charge in [0.05, 0.1) is 11.6 Å². The van der Waals surface area contributed by atoms with Gasteiger partial charge in [0, 0.05) is 36.8 Å².